The number of nitrogens with zero attached hydrogens (tertiary/aromatic N) is 1. The zero-order valence-corrected chi connectivity index (χ0v) is 13.0. The average Bonchev–Trinajstić information content (AvgIpc) is 3.07. The monoisotopic (exact) mass is 302 g/mol. The van der Waals surface area contributed by atoms with Crippen molar-refractivity contribution in [2.24, 2.45) is 0 Å². The van der Waals surface area contributed by atoms with Gasteiger partial charge in [-0.3, -0.25) is 0 Å². The molecule has 1 N–H and O–H groups in total. The van der Waals surface area contributed by atoms with Gasteiger partial charge in [-0.25, -0.2) is 0 Å². The maximum Gasteiger partial charge on any atom is 0.125 e. The minimum atomic E-state index is 0.139. The van der Waals surface area contributed by atoms with Gasteiger partial charge in [0.1, 0.15) is 5.76 Å². The number of hydrogen-bond donors (Lipinski definition) is 1. The molecule has 1 fully saturated rings. The zero-order valence-electron chi connectivity index (χ0n) is 12.2. The number of benzene rings is 1. The fourth-order valence-electron chi connectivity index (χ4n) is 2.68. The van der Waals surface area contributed by atoms with Crippen molar-refractivity contribution in [3.63, 3.8) is 0 Å². The average molecular weight is 302 g/mol. The lowest BCUT2D eigenvalue weighted by atomic mass is 10.0. The van der Waals surface area contributed by atoms with Crippen LogP contribution in [0, 0.1) is 0 Å². The van der Waals surface area contributed by atoms with Crippen molar-refractivity contribution in [1.82, 2.24) is 10.2 Å². The highest BCUT2D eigenvalue weighted by Gasteiger charge is 2.17. The molecule has 3 nitrogen and oxygen atoms in total. The summed E-state index contributed by atoms with van der Waals surface area (Å²) in [5, 5.41) is 3.64. The molecular weight excluding hydrogens is 280 g/mol. The maximum atomic E-state index is 5.61. The molecule has 1 aromatic heterocycles. The lowest BCUT2D eigenvalue weighted by Crippen LogP contribution is -2.38. The molecule has 3 rings (SSSR count). The summed E-state index contributed by atoms with van der Waals surface area (Å²) >= 11 is 2.06. The summed E-state index contributed by atoms with van der Waals surface area (Å²) in [4.78, 5) is 2.54. The van der Waals surface area contributed by atoms with Crippen LogP contribution in [0.5, 0.6) is 0 Å². The van der Waals surface area contributed by atoms with Crippen molar-refractivity contribution in [2.45, 2.75) is 6.04 Å². The third-order valence-corrected chi connectivity index (χ3v) is 4.78. The highest BCUT2D eigenvalue weighted by molar-refractivity contribution is 7.99. The fourth-order valence-corrected chi connectivity index (χ4v) is 3.65. The summed E-state index contributed by atoms with van der Waals surface area (Å²) in [6.07, 6.45) is 1.74. The van der Waals surface area contributed by atoms with Gasteiger partial charge >= 0.3 is 0 Å². The second-order valence-corrected chi connectivity index (χ2v) is 6.49. The molecule has 1 aromatic carbocycles. The molecule has 0 saturated carbocycles. The minimum Gasteiger partial charge on any atom is -0.467 e. The van der Waals surface area contributed by atoms with Crippen LogP contribution in [0.3, 0.4) is 0 Å². The van der Waals surface area contributed by atoms with Crippen LogP contribution in [-0.2, 0) is 0 Å². The van der Waals surface area contributed by atoms with Crippen LogP contribution in [0.4, 0.5) is 0 Å². The van der Waals surface area contributed by atoms with Crippen molar-refractivity contribution in [2.75, 3.05) is 37.7 Å². The van der Waals surface area contributed by atoms with Gasteiger partial charge in [-0.2, -0.15) is 11.8 Å². The van der Waals surface area contributed by atoms with Gasteiger partial charge in [-0.15, -0.1) is 0 Å². The lowest BCUT2D eigenvalue weighted by molar-refractivity contribution is 0.295. The summed E-state index contributed by atoms with van der Waals surface area (Å²) < 4.78 is 5.61. The fraction of sp³-hybridized carbons (Fsp3) is 0.412. The topological polar surface area (TPSA) is 28.4 Å². The first-order chi connectivity index (χ1) is 10.4. The molecule has 1 aliphatic heterocycles. The van der Waals surface area contributed by atoms with E-state index in [0.717, 1.165) is 18.8 Å². The van der Waals surface area contributed by atoms with Gasteiger partial charge in [0.25, 0.3) is 0 Å². The molecule has 0 amide bonds. The van der Waals surface area contributed by atoms with E-state index in [9.17, 15) is 0 Å². The van der Waals surface area contributed by atoms with Crippen molar-refractivity contribution < 1.29 is 4.42 Å². The molecule has 0 aliphatic carbocycles. The van der Waals surface area contributed by atoms with Crippen molar-refractivity contribution in [3.8, 4) is 0 Å². The third-order valence-electron chi connectivity index (χ3n) is 3.84. The first-order valence-corrected chi connectivity index (χ1v) is 8.71. The highest BCUT2D eigenvalue weighted by atomic mass is 32.2. The van der Waals surface area contributed by atoms with Crippen LogP contribution in [0.15, 0.2) is 53.1 Å². The normalized spacial score (nSPS) is 17.7. The van der Waals surface area contributed by atoms with E-state index in [1.54, 1.807) is 6.26 Å². The standard InChI is InChI=1S/C17H22N2OS/c1-2-5-15(6-3-1)17(16-7-4-12-20-16)18-8-9-19-10-13-21-14-11-19/h1-7,12,17-18H,8-11,13-14H2. The van der Waals surface area contributed by atoms with Crippen molar-refractivity contribution >= 4 is 11.8 Å². The number of hydrogen-bond acceptors (Lipinski definition) is 4. The van der Waals surface area contributed by atoms with Gasteiger partial charge in [0.15, 0.2) is 0 Å². The van der Waals surface area contributed by atoms with Crippen LogP contribution in [0.25, 0.3) is 0 Å². The second kappa shape index (κ2) is 7.69. The van der Waals surface area contributed by atoms with E-state index < -0.39 is 0 Å². The number of rotatable bonds is 6. The summed E-state index contributed by atoms with van der Waals surface area (Å²) in [5.41, 5.74) is 1.25. The summed E-state index contributed by atoms with van der Waals surface area (Å²) in [6, 6.07) is 14.6. The molecule has 0 bridgehead atoms. The summed E-state index contributed by atoms with van der Waals surface area (Å²) in [6.45, 7) is 4.50. The van der Waals surface area contributed by atoms with E-state index in [1.165, 1.54) is 30.2 Å². The Hall–Kier alpha value is -1.23. The van der Waals surface area contributed by atoms with Gasteiger partial charge in [-0.05, 0) is 17.7 Å². The summed E-state index contributed by atoms with van der Waals surface area (Å²) in [5.74, 6) is 3.51. The molecule has 112 valence electrons. The smallest absolute Gasteiger partial charge is 0.125 e. The SMILES string of the molecule is c1ccc(C(NCCN2CCSCC2)c2ccco2)cc1. The van der Waals surface area contributed by atoms with E-state index in [2.05, 4.69) is 46.2 Å². The quantitative estimate of drug-likeness (QED) is 0.888. The minimum absolute atomic E-state index is 0.139. The van der Waals surface area contributed by atoms with E-state index in [0.29, 0.717) is 0 Å². The Morgan fingerprint density at radius 1 is 1.10 bits per heavy atom. The van der Waals surface area contributed by atoms with E-state index in [-0.39, 0.29) is 6.04 Å². The summed E-state index contributed by atoms with van der Waals surface area (Å²) in [7, 11) is 0. The Labute approximate surface area is 130 Å². The van der Waals surface area contributed by atoms with Gasteiger partial charge in [0.2, 0.25) is 0 Å². The highest BCUT2D eigenvalue weighted by Crippen LogP contribution is 2.22. The number of furan rings is 1. The second-order valence-electron chi connectivity index (χ2n) is 5.27. The van der Waals surface area contributed by atoms with E-state index in [1.807, 2.05) is 18.2 Å². The molecule has 0 spiro atoms. The predicted molar refractivity (Wildman–Crippen MR) is 88.8 cm³/mol. The first kappa shape index (κ1) is 14.7. The Bertz CT molecular complexity index is 509. The Kier molecular flexibility index (Phi) is 5.38. The lowest BCUT2D eigenvalue weighted by Gasteiger charge is -2.27. The van der Waals surface area contributed by atoms with Crippen LogP contribution in [-0.4, -0.2) is 42.6 Å². The van der Waals surface area contributed by atoms with Crippen LogP contribution < -0.4 is 5.32 Å². The Balaban J connectivity index is 1.60. The van der Waals surface area contributed by atoms with Crippen molar-refractivity contribution in [1.29, 1.82) is 0 Å². The molecule has 1 aliphatic rings. The van der Waals surface area contributed by atoms with E-state index >= 15 is 0 Å². The van der Waals surface area contributed by atoms with Crippen LogP contribution in [0.2, 0.25) is 0 Å². The van der Waals surface area contributed by atoms with Gasteiger partial charge < -0.3 is 14.6 Å². The molecule has 1 unspecified atom stereocenters. The maximum absolute atomic E-state index is 5.61. The van der Waals surface area contributed by atoms with Gasteiger partial charge in [0.05, 0.1) is 12.3 Å². The van der Waals surface area contributed by atoms with Gasteiger partial charge in [-0.1, -0.05) is 30.3 Å². The largest absolute Gasteiger partial charge is 0.467 e. The molecule has 21 heavy (non-hydrogen) atoms. The molecule has 1 saturated heterocycles. The van der Waals surface area contributed by atoms with Crippen LogP contribution >= 0.6 is 11.8 Å². The first-order valence-electron chi connectivity index (χ1n) is 7.55. The number of thioether (sulfide) groups is 1. The molecule has 4 heteroatoms. The number of nitrogens with one attached hydrogen (secondary N) is 1. The molecule has 0 radical (unpaired) electrons. The van der Waals surface area contributed by atoms with Crippen LogP contribution in [0.1, 0.15) is 17.4 Å². The van der Waals surface area contributed by atoms with Gasteiger partial charge in [0, 0.05) is 37.7 Å². The molecule has 1 atom stereocenters. The van der Waals surface area contributed by atoms with Crippen molar-refractivity contribution in [3.05, 3.63) is 60.1 Å². The molecular formula is C17H22N2OS. The third kappa shape index (κ3) is 4.13. The zero-order chi connectivity index (χ0) is 14.3. The molecule has 2 aromatic rings. The Morgan fingerprint density at radius 3 is 2.62 bits per heavy atom. The molecule has 2 heterocycles. The van der Waals surface area contributed by atoms with E-state index in [4.69, 9.17) is 4.42 Å². The predicted octanol–water partition coefficient (Wildman–Crippen LogP) is 3.01. The Morgan fingerprint density at radius 2 is 1.90 bits per heavy atom.